The molecule has 0 radical (unpaired) electrons. The zero-order chi connectivity index (χ0) is 15.6. The normalized spacial score (nSPS) is 10.3. The Morgan fingerprint density at radius 1 is 1.14 bits per heavy atom. The van der Waals surface area contributed by atoms with E-state index < -0.39 is 0 Å². The van der Waals surface area contributed by atoms with Crippen molar-refractivity contribution >= 4 is 17.3 Å². The van der Waals surface area contributed by atoms with Gasteiger partial charge in [0.05, 0.1) is 31.2 Å². The first-order valence-electron chi connectivity index (χ1n) is 6.36. The molecule has 21 heavy (non-hydrogen) atoms. The minimum Gasteiger partial charge on any atom is -0.493 e. The average Bonchev–Trinajstić information content (AvgIpc) is 2.79. The van der Waals surface area contributed by atoms with Crippen molar-refractivity contribution in [2.75, 3.05) is 25.3 Å². The molecule has 112 valence electrons. The van der Waals surface area contributed by atoms with Gasteiger partial charge in [0, 0.05) is 12.1 Å². The molecule has 1 amide bonds. The molecule has 0 saturated carbocycles. The van der Waals surface area contributed by atoms with Crippen molar-refractivity contribution in [1.29, 1.82) is 0 Å². The molecule has 6 nitrogen and oxygen atoms in total. The van der Waals surface area contributed by atoms with Gasteiger partial charge in [0.15, 0.2) is 11.5 Å². The van der Waals surface area contributed by atoms with E-state index in [4.69, 9.17) is 19.6 Å². The highest BCUT2D eigenvalue weighted by Crippen LogP contribution is 2.35. The first-order chi connectivity index (χ1) is 9.96. The van der Waals surface area contributed by atoms with Gasteiger partial charge in [-0.25, -0.2) is 0 Å². The Hall–Kier alpha value is -2.63. The van der Waals surface area contributed by atoms with E-state index in [9.17, 15) is 4.79 Å². The summed E-state index contributed by atoms with van der Waals surface area (Å²) in [6.07, 6.45) is 0. The van der Waals surface area contributed by atoms with Gasteiger partial charge in [-0.1, -0.05) is 0 Å². The van der Waals surface area contributed by atoms with E-state index in [1.54, 1.807) is 32.0 Å². The third-order valence-corrected chi connectivity index (χ3v) is 3.09. The summed E-state index contributed by atoms with van der Waals surface area (Å²) in [5.41, 5.74) is 7.23. The van der Waals surface area contributed by atoms with Crippen molar-refractivity contribution < 1.29 is 18.7 Å². The van der Waals surface area contributed by atoms with Crippen LogP contribution in [-0.4, -0.2) is 20.1 Å². The fraction of sp³-hybridized carbons (Fsp3) is 0.267. The molecule has 2 aromatic rings. The number of nitrogen functional groups attached to an aromatic ring is 1. The van der Waals surface area contributed by atoms with E-state index in [2.05, 4.69) is 5.32 Å². The third kappa shape index (κ3) is 2.94. The number of amides is 1. The van der Waals surface area contributed by atoms with Gasteiger partial charge in [-0.15, -0.1) is 0 Å². The van der Waals surface area contributed by atoms with Crippen LogP contribution in [0.2, 0.25) is 0 Å². The van der Waals surface area contributed by atoms with Crippen LogP contribution in [0.1, 0.15) is 21.9 Å². The number of carbonyl (C=O) groups excluding carboxylic acids is 1. The number of anilines is 2. The van der Waals surface area contributed by atoms with Crippen molar-refractivity contribution in [1.82, 2.24) is 0 Å². The highest BCUT2D eigenvalue weighted by molar-refractivity contribution is 6.06. The molecule has 6 heteroatoms. The molecule has 0 fully saturated rings. The van der Waals surface area contributed by atoms with Gasteiger partial charge in [-0.2, -0.15) is 0 Å². The van der Waals surface area contributed by atoms with E-state index in [0.29, 0.717) is 40.0 Å². The number of hydrogen-bond donors (Lipinski definition) is 2. The average molecular weight is 290 g/mol. The summed E-state index contributed by atoms with van der Waals surface area (Å²) >= 11 is 0. The lowest BCUT2D eigenvalue weighted by Gasteiger charge is -2.13. The molecular weight excluding hydrogens is 272 g/mol. The van der Waals surface area contributed by atoms with Crippen molar-refractivity contribution in [2.45, 2.75) is 13.8 Å². The van der Waals surface area contributed by atoms with Gasteiger partial charge in [0.25, 0.3) is 5.91 Å². The number of aryl methyl sites for hydroxylation is 2. The maximum absolute atomic E-state index is 12.3. The van der Waals surface area contributed by atoms with Gasteiger partial charge in [-0.05, 0) is 19.9 Å². The predicted molar refractivity (Wildman–Crippen MR) is 80.1 cm³/mol. The van der Waals surface area contributed by atoms with Crippen LogP contribution >= 0.6 is 0 Å². The first-order valence-corrected chi connectivity index (χ1v) is 6.36. The lowest BCUT2D eigenvalue weighted by molar-refractivity contribution is 0.102. The fourth-order valence-corrected chi connectivity index (χ4v) is 2.05. The first kappa shape index (κ1) is 14.8. The number of benzene rings is 1. The SMILES string of the molecule is COc1cc(N)c(NC(=O)c2cc(C)oc2C)cc1OC. The second-order valence-corrected chi connectivity index (χ2v) is 4.58. The van der Waals surface area contributed by atoms with Crippen LogP contribution in [0, 0.1) is 13.8 Å². The fourth-order valence-electron chi connectivity index (χ4n) is 2.05. The summed E-state index contributed by atoms with van der Waals surface area (Å²) in [5, 5.41) is 2.75. The summed E-state index contributed by atoms with van der Waals surface area (Å²) < 4.78 is 15.7. The van der Waals surface area contributed by atoms with Gasteiger partial charge in [-0.3, -0.25) is 4.79 Å². The number of ether oxygens (including phenoxy) is 2. The van der Waals surface area contributed by atoms with Crippen molar-refractivity contribution in [3.63, 3.8) is 0 Å². The largest absolute Gasteiger partial charge is 0.493 e. The standard InChI is InChI=1S/C15H18N2O4/c1-8-5-10(9(2)21-8)15(18)17-12-7-14(20-4)13(19-3)6-11(12)16/h5-7H,16H2,1-4H3,(H,17,18). The van der Waals surface area contributed by atoms with Crippen LogP contribution in [0.5, 0.6) is 11.5 Å². The van der Waals surface area contributed by atoms with E-state index in [0.717, 1.165) is 0 Å². The van der Waals surface area contributed by atoms with E-state index >= 15 is 0 Å². The van der Waals surface area contributed by atoms with E-state index in [1.807, 2.05) is 0 Å². The lowest BCUT2D eigenvalue weighted by atomic mass is 10.2. The van der Waals surface area contributed by atoms with E-state index in [1.165, 1.54) is 14.2 Å². The number of carbonyl (C=O) groups is 1. The van der Waals surface area contributed by atoms with Crippen LogP contribution in [0.15, 0.2) is 22.6 Å². The van der Waals surface area contributed by atoms with Crippen LogP contribution in [0.4, 0.5) is 11.4 Å². The predicted octanol–water partition coefficient (Wildman–Crippen LogP) is 2.75. The summed E-state index contributed by atoms with van der Waals surface area (Å²) in [6, 6.07) is 4.90. The maximum atomic E-state index is 12.3. The Labute approximate surface area is 122 Å². The minimum atomic E-state index is -0.289. The Morgan fingerprint density at radius 3 is 2.29 bits per heavy atom. The summed E-state index contributed by atoms with van der Waals surface area (Å²) in [7, 11) is 3.04. The number of nitrogens with two attached hydrogens (primary N) is 1. The summed E-state index contributed by atoms with van der Waals surface area (Å²) in [5.74, 6) is 1.94. The molecule has 0 spiro atoms. The molecule has 1 aromatic carbocycles. The number of rotatable bonds is 4. The molecular formula is C15H18N2O4. The van der Waals surface area contributed by atoms with Crippen molar-refractivity contribution in [3.8, 4) is 11.5 Å². The molecule has 0 unspecified atom stereocenters. The van der Waals surface area contributed by atoms with Crippen LogP contribution < -0.4 is 20.5 Å². The number of hydrogen-bond acceptors (Lipinski definition) is 5. The molecule has 3 N–H and O–H groups in total. The van der Waals surface area contributed by atoms with Crippen LogP contribution in [0.3, 0.4) is 0 Å². The van der Waals surface area contributed by atoms with Crippen molar-refractivity contribution in [3.05, 3.63) is 35.3 Å². The topological polar surface area (TPSA) is 86.7 Å². The Kier molecular flexibility index (Phi) is 4.07. The zero-order valence-corrected chi connectivity index (χ0v) is 12.4. The molecule has 0 atom stereocenters. The molecule has 0 aliphatic heterocycles. The lowest BCUT2D eigenvalue weighted by Crippen LogP contribution is -2.13. The second kappa shape index (κ2) is 5.78. The zero-order valence-electron chi connectivity index (χ0n) is 12.4. The Morgan fingerprint density at radius 2 is 1.76 bits per heavy atom. The number of methoxy groups -OCH3 is 2. The number of furan rings is 1. The molecule has 0 aliphatic carbocycles. The molecule has 0 saturated heterocycles. The van der Waals surface area contributed by atoms with Crippen molar-refractivity contribution in [2.24, 2.45) is 0 Å². The molecule has 1 aromatic heterocycles. The summed E-state index contributed by atoms with van der Waals surface area (Å²) in [4.78, 5) is 12.3. The van der Waals surface area contributed by atoms with E-state index in [-0.39, 0.29) is 5.91 Å². The smallest absolute Gasteiger partial charge is 0.259 e. The highest BCUT2D eigenvalue weighted by Gasteiger charge is 2.16. The van der Waals surface area contributed by atoms with Gasteiger partial charge >= 0.3 is 0 Å². The Bertz CT molecular complexity index is 677. The quantitative estimate of drug-likeness (QED) is 0.845. The third-order valence-electron chi connectivity index (χ3n) is 3.09. The number of nitrogens with one attached hydrogen (secondary N) is 1. The van der Waals surface area contributed by atoms with Crippen LogP contribution in [-0.2, 0) is 0 Å². The van der Waals surface area contributed by atoms with Crippen LogP contribution in [0.25, 0.3) is 0 Å². The Balaban J connectivity index is 2.31. The molecule has 1 heterocycles. The molecule has 0 bridgehead atoms. The molecule has 0 aliphatic rings. The highest BCUT2D eigenvalue weighted by atomic mass is 16.5. The molecule has 2 rings (SSSR count). The minimum absolute atomic E-state index is 0.289. The maximum Gasteiger partial charge on any atom is 0.259 e. The van der Waals surface area contributed by atoms with Gasteiger partial charge in [0.1, 0.15) is 11.5 Å². The van der Waals surface area contributed by atoms with Gasteiger partial charge in [0.2, 0.25) is 0 Å². The van der Waals surface area contributed by atoms with Gasteiger partial charge < -0.3 is 24.9 Å². The second-order valence-electron chi connectivity index (χ2n) is 4.58. The summed E-state index contributed by atoms with van der Waals surface area (Å²) in [6.45, 7) is 3.52. The monoisotopic (exact) mass is 290 g/mol.